The van der Waals surface area contributed by atoms with Crippen molar-refractivity contribution < 1.29 is 27.4 Å². The van der Waals surface area contributed by atoms with E-state index in [4.69, 9.17) is 14.2 Å². The van der Waals surface area contributed by atoms with Crippen LogP contribution in [0, 0.1) is 13.8 Å². The number of rotatable bonds is 8. The monoisotopic (exact) mass is 499 g/mol. The number of sulfone groups is 1. The number of aryl methyl sites for hydroxylation is 2. The van der Waals surface area contributed by atoms with Crippen LogP contribution < -0.4 is 19.5 Å². The molecule has 9 nitrogen and oxygen atoms in total. The van der Waals surface area contributed by atoms with Crippen molar-refractivity contribution in [2.24, 2.45) is 0 Å². The number of nitrogens with one attached hydrogen (secondary N) is 1. The van der Waals surface area contributed by atoms with Gasteiger partial charge in [-0.1, -0.05) is 6.07 Å². The number of nitrogens with zero attached hydrogens (tertiary/aromatic N) is 2. The summed E-state index contributed by atoms with van der Waals surface area (Å²) in [5, 5.41) is 7.49. The van der Waals surface area contributed by atoms with E-state index in [2.05, 4.69) is 10.4 Å². The third kappa shape index (κ3) is 5.59. The van der Waals surface area contributed by atoms with Gasteiger partial charge in [-0.15, -0.1) is 0 Å². The summed E-state index contributed by atoms with van der Waals surface area (Å²) >= 11 is 0. The molecule has 186 valence electrons. The number of hydrogen-bond donors (Lipinski definition) is 1. The lowest BCUT2D eigenvalue weighted by Gasteiger charge is -2.14. The Kier molecular flexibility index (Phi) is 7.02. The molecule has 0 saturated carbocycles. The highest BCUT2D eigenvalue weighted by atomic mass is 32.2. The second-order valence-electron chi connectivity index (χ2n) is 8.57. The first-order valence-corrected chi connectivity index (χ1v) is 13.0. The van der Waals surface area contributed by atoms with E-state index in [1.165, 1.54) is 0 Å². The van der Waals surface area contributed by atoms with Gasteiger partial charge >= 0.3 is 0 Å². The average molecular weight is 500 g/mol. The van der Waals surface area contributed by atoms with Gasteiger partial charge in [0.25, 0.3) is 5.91 Å². The van der Waals surface area contributed by atoms with Crippen molar-refractivity contribution >= 4 is 21.6 Å². The maximum atomic E-state index is 12.7. The molecule has 0 aliphatic carbocycles. The molecule has 2 aromatic carbocycles. The van der Waals surface area contributed by atoms with E-state index in [-0.39, 0.29) is 30.1 Å². The van der Waals surface area contributed by atoms with Crippen molar-refractivity contribution in [1.29, 1.82) is 0 Å². The van der Waals surface area contributed by atoms with Gasteiger partial charge in [-0.05, 0) is 61.7 Å². The number of ether oxygens (including phenoxy) is 3. The molecule has 1 aromatic heterocycles. The van der Waals surface area contributed by atoms with Gasteiger partial charge in [0, 0.05) is 11.6 Å². The van der Waals surface area contributed by atoms with Crippen molar-refractivity contribution in [3.63, 3.8) is 0 Å². The summed E-state index contributed by atoms with van der Waals surface area (Å²) in [4.78, 5) is 12.7. The van der Waals surface area contributed by atoms with Crippen molar-refractivity contribution in [2.45, 2.75) is 26.3 Å². The first-order chi connectivity index (χ1) is 16.7. The van der Waals surface area contributed by atoms with Crippen LogP contribution in [0.3, 0.4) is 0 Å². The van der Waals surface area contributed by atoms with Crippen LogP contribution in [0.1, 0.15) is 23.6 Å². The molecule has 3 aromatic rings. The van der Waals surface area contributed by atoms with E-state index in [9.17, 15) is 13.2 Å². The summed E-state index contributed by atoms with van der Waals surface area (Å²) in [5.41, 5.74) is 3.52. The fourth-order valence-corrected chi connectivity index (χ4v) is 5.69. The quantitative estimate of drug-likeness (QED) is 0.505. The zero-order valence-corrected chi connectivity index (χ0v) is 21.0. The van der Waals surface area contributed by atoms with Gasteiger partial charge in [0.2, 0.25) is 0 Å². The maximum Gasteiger partial charge on any atom is 0.263 e. The first-order valence-electron chi connectivity index (χ1n) is 11.2. The van der Waals surface area contributed by atoms with Crippen LogP contribution in [0.25, 0.3) is 11.3 Å². The lowest BCUT2D eigenvalue weighted by Crippen LogP contribution is -2.23. The lowest BCUT2D eigenvalue weighted by molar-refractivity contribution is -0.118. The van der Waals surface area contributed by atoms with E-state index in [1.54, 1.807) is 37.1 Å². The molecule has 0 radical (unpaired) electrons. The molecule has 1 atom stereocenters. The second-order valence-corrected chi connectivity index (χ2v) is 10.8. The minimum Gasteiger partial charge on any atom is -0.493 e. The van der Waals surface area contributed by atoms with Crippen molar-refractivity contribution in [3.8, 4) is 28.5 Å². The van der Waals surface area contributed by atoms with Crippen LogP contribution in [0.15, 0.2) is 42.5 Å². The van der Waals surface area contributed by atoms with Gasteiger partial charge in [-0.3, -0.25) is 4.79 Å². The molecule has 1 N–H and O–H groups in total. The summed E-state index contributed by atoms with van der Waals surface area (Å²) < 4.78 is 42.2. The predicted molar refractivity (Wildman–Crippen MR) is 133 cm³/mol. The molecular weight excluding hydrogens is 470 g/mol. The zero-order chi connectivity index (χ0) is 25.2. The van der Waals surface area contributed by atoms with E-state index in [0.717, 1.165) is 16.7 Å². The van der Waals surface area contributed by atoms with Crippen molar-refractivity contribution in [3.05, 3.63) is 53.6 Å². The lowest BCUT2D eigenvalue weighted by atomic mass is 10.1. The van der Waals surface area contributed by atoms with Crippen LogP contribution in [-0.4, -0.2) is 56.4 Å². The largest absolute Gasteiger partial charge is 0.493 e. The number of carbonyl (C=O) groups is 1. The summed E-state index contributed by atoms with van der Waals surface area (Å²) in [5.74, 6) is 1.82. The van der Waals surface area contributed by atoms with E-state index in [1.807, 2.05) is 38.1 Å². The van der Waals surface area contributed by atoms with Crippen molar-refractivity contribution in [1.82, 2.24) is 9.78 Å². The summed E-state index contributed by atoms with van der Waals surface area (Å²) in [6, 6.07) is 12.4. The maximum absolute atomic E-state index is 12.7. The Morgan fingerprint density at radius 3 is 2.49 bits per heavy atom. The van der Waals surface area contributed by atoms with Gasteiger partial charge in [-0.2, -0.15) is 5.10 Å². The third-order valence-corrected chi connectivity index (χ3v) is 7.84. The normalized spacial score (nSPS) is 16.6. The Hall–Kier alpha value is -3.53. The number of methoxy groups -OCH3 is 2. The fraction of sp³-hybridized carbons (Fsp3) is 0.360. The average Bonchev–Trinajstić information content (AvgIpc) is 3.41. The zero-order valence-electron chi connectivity index (χ0n) is 20.2. The Morgan fingerprint density at radius 2 is 1.83 bits per heavy atom. The number of benzene rings is 2. The minimum atomic E-state index is -3.15. The van der Waals surface area contributed by atoms with Crippen molar-refractivity contribution in [2.75, 3.05) is 37.6 Å². The molecule has 1 unspecified atom stereocenters. The van der Waals surface area contributed by atoms with Gasteiger partial charge in [0.1, 0.15) is 11.6 Å². The number of carbonyl (C=O) groups excluding carboxylic acids is 1. The summed E-state index contributed by atoms with van der Waals surface area (Å²) in [6.45, 7) is 3.79. The molecule has 0 spiro atoms. The molecule has 35 heavy (non-hydrogen) atoms. The molecule has 2 heterocycles. The Labute approximate surface area is 204 Å². The smallest absolute Gasteiger partial charge is 0.263 e. The molecular formula is C25H29N3O6S. The predicted octanol–water partition coefficient (Wildman–Crippen LogP) is 3.56. The number of aromatic nitrogens is 2. The number of amides is 1. The van der Waals surface area contributed by atoms with E-state index in [0.29, 0.717) is 35.2 Å². The molecule has 1 saturated heterocycles. The van der Waals surface area contributed by atoms with Crippen LogP contribution in [-0.2, 0) is 14.6 Å². The fourth-order valence-electron chi connectivity index (χ4n) is 4.00. The summed E-state index contributed by atoms with van der Waals surface area (Å²) in [7, 11) is -0.0502. The molecule has 1 amide bonds. The molecule has 4 rings (SSSR count). The number of anilines is 1. The van der Waals surface area contributed by atoms with Gasteiger partial charge < -0.3 is 19.5 Å². The van der Waals surface area contributed by atoms with E-state index < -0.39 is 9.84 Å². The molecule has 1 aliphatic rings. The van der Waals surface area contributed by atoms with Crippen LogP contribution >= 0.6 is 0 Å². The third-order valence-electron chi connectivity index (χ3n) is 6.09. The van der Waals surface area contributed by atoms with Crippen LogP contribution in [0.4, 0.5) is 5.82 Å². The Balaban J connectivity index is 1.59. The Bertz CT molecular complexity index is 1350. The second kappa shape index (κ2) is 9.99. The minimum absolute atomic E-state index is 0.0257. The Morgan fingerprint density at radius 1 is 1.06 bits per heavy atom. The molecule has 0 bridgehead atoms. The molecule has 1 fully saturated rings. The number of hydrogen-bond acceptors (Lipinski definition) is 7. The van der Waals surface area contributed by atoms with Crippen LogP contribution in [0.2, 0.25) is 0 Å². The van der Waals surface area contributed by atoms with Gasteiger partial charge in [0.05, 0.1) is 37.5 Å². The SMILES string of the molecule is COc1ccc(-c2cc(NC(=O)COc3ccc(C)c(C)c3)n(C3CCS(=O)(=O)C3)n2)cc1OC. The van der Waals surface area contributed by atoms with E-state index >= 15 is 0 Å². The summed E-state index contributed by atoms with van der Waals surface area (Å²) in [6.07, 6.45) is 0.428. The highest BCUT2D eigenvalue weighted by molar-refractivity contribution is 7.91. The highest BCUT2D eigenvalue weighted by Gasteiger charge is 2.32. The standard InChI is InChI=1S/C25H29N3O6S/c1-16-5-7-20(11-17(16)2)34-14-25(29)26-24-13-21(18-6-8-22(32-3)23(12-18)33-4)27-28(24)19-9-10-35(30,31)15-19/h5-8,11-13,19H,9-10,14-15H2,1-4H3,(H,26,29). The molecule has 10 heteroatoms. The van der Waals surface area contributed by atoms with Crippen LogP contribution in [0.5, 0.6) is 17.2 Å². The van der Waals surface area contributed by atoms with Gasteiger partial charge in [0.15, 0.2) is 27.9 Å². The highest BCUT2D eigenvalue weighted by Crippen LogP contribution is 2.34. The molecule has 1 aliphatic heterocycles. The first kappa shape index (κ1) is 24.6. The topological polar surface area (TPSA) is 109 Å². The van der Waals surface area contributed by atoms with Gasteiger partial charge in [-0.25, -0.2) is 13.1 Å².